The first-order valence-electron chi connectivity index (χ1n) is 5.47. The number of hydrogen-bond donors (Lipinski definition) is 2. The Hall–Kier alpha value is -0.570. The summed E-state index contributed by atoms with van der Waals surface area (Å²) in [4.78, 5) is 0. The fraction of sp³-hybridized carbons (Fsp3) is 0.500. The third-order valence-electron chi connectivity index (χ3n) is 2.93. The lowest BCUT2D eigenvalue weighted by Crippen LogP contribution is -2.44. The lowest BCUT2D eigenvalue weighted by Gasteiger charge is -2.28. The van der Waals surface area contributed by atoms with Crippen molar-refractivity contribution in [2.45, 2.75) is 31.3 Å². The largest absolute Gasteiger partial charge is 0.328 e. The van der Waals surface area contributed by atoms with E-state index in [0.717, 1.165) is 30.8 Å². The maximum atomic E-state index is 5.94. The smallest absolute Gasteiger partial charge is 0.0406 e. The molecule has 1 aliphatic heterocycles. The van der Waals surface area contributed by atoms with Crippen LogP contribution in [0.2, 0.25) is 5.02 Å². The molecule has 82 valence electrons. The molecule has 1 aliphatic rings. The first-order valence-corrected chi connectivity index (χ1v) is 5.85. The topological polar surface area (TPSA) is 38.0 Å². The quantitative estimate of drug-likeness (QED) is 0.806. The molecule has 15 heavy (non-hydrogen) atoms. The van der Waals surface area contributed by atoms with Gasteiger partial charge in [-0.1, -0.05) is 23.7 Å². The molecular formula is C12H17ClN2. The van der Waals surface area contributed by atoms with Crippen molar-refractivity contribution in [3.05, 3.63) is 34.9 Å². The van der Waals surface area contributed by atoms with E-state index >= 15 is 0 Å². The monoisotopic (exact) mass is 224 g/mol. The van der Waals surface area contributed by atoms with Crippen LogP contribution >= 0.6 is 11.6 Å². The summed E-state index contributed by atoms with van der Waals surface area (Å²) in [5.41, 5.74) is 7.27. The van der Waals surface area contributed by atoms with E-state index in [1.165, 1.54) is 5.56 Å². The lowest BCUT2D eigenvalue weighted by atomic mass is 9.95. The zero-order valence-corrected chi connectivity index (χ0v) is 9.50. The van der Waals surface area contributed by atoms with E-state index in [2.05, 4.69) is 17.4 Å². The fourth-order valence-electron chi connectivity index (χ4n) is 2.10. The molecule has 0 amide bonds. The predicted molar refractivity (Wildman–Crippen MR) is 64.2 cm³/mol. The van der Waals surface area contributed by atoms with Gasteiger partial charge in [0.15, 0.2) is 0 Å². The van der Waals surface area contributed by atoms with Crippen molar-refractivity contribution in [3.63, 3.8) is 0 Å². The molecule has 1 aromatic carbocycles. The Kier molecular flexibility index (Phi) is 3.62. The molecule has 0 aliphatic carbocycles. The molecule has 1 fully saturated rings. The van der Waals surface area contributed by atoms with Crippen LogP contribution in [0.1, 0.15) is 18.4 Å². The van der Waals surface area contributed by atoms with Crippen molar-refractivity contribution in [3.8, 4) is 0 Å². The van der Waals surface area contributed by atoms with Crippen LogP contribution in [0.3, 0.4) is 0 Å². The van der Waals surface area contributed by atoms with Crippen molar-refractivity contribution in [2.24, 2.45) is 5.73 Å². The summed E-state index contributed by atoms with van der Waals surface area (Å²) < 4.78 is 0. The highest BCUT2D eigenvalue weighted by molar-refractivity contribution is 6.30. The summed E-state index contributed by atoms with van der Waals surface area (Å²) in [6.07, 6.45) is 3.21. The summed E-state index contributed by atoms with van der Waals surface area (Å²) in [5, 5.41) is 4.30. The van der Waals surface area contributed by atoms with E-state index in [4.69, 9.17) is 17.3 Å². The molecule has 1 aromatic rings. The van der Waals surface area contributed by atoms with Gasteiger partial charge >= 0.3 is 0 Å². The second kappa shape index (κ2) is 4.97. The number of rotatable bonds is 2. The molecule has 3 heteroatoms. The van der Waals surface area contributed by atoms with Gasteiger partial charge in [0.1, 0.15) is 0 Å². The van der Waals surface area contributed by atoms with Crippen molar-refractivity contribution in [2.75, 3.05) is 6.54 Å². The molecule has 3 N–H and O–H groups in total. The minimum Gasteiger partial charge on any atom is -0.328 e. The minimum atomic E-state index is 0.364. The van der Waals surface area contributed by atoms with Gasteiger partial charge in [0.25, 0.3) is 0 Å². The number of nitrogens with two attached hydrogens (primary N) is 1. The van der Waals surface area contributed by atoms with E-state index in [-0.39, 0.29) is 0 Å². The second-order valence-electron chi connectivity index (χ2n) is 4.27. The summed E-state index contributed by atoms with van der Waals surface area (Å²) in [6.45, 7) is 1.04. The molecule has 1 saturated heterocycles. The molecule has 2 atom stereocenters. The van der Waals surface area contributed by atoms with Gasteiger partial charge in [0, 0.05) is 17.1 Å². The zero-order chi connectivity index (χ0) is 10.7. The van der Waals surface area contributed by atoms with Gasteiger partial charge in [-0.25, -0.2) is 0 Å². The standard InChI is InChI=1S/C12H17ClN2/c13-10-3-1-9(2-4-10)7-12-8-11(14)5-6-15-12/h1-4,11-12,15H,5-8,14H2/t11?,12-/m1/s1. The Morgan fingerprint density at radius 2 is 2.07 bits per heavy atom. The normalized spacial score (nSPS) is 26.5. The van der Waals surface area contributed by atoms with Gasteiger partial charge in [0.2, 0.25) is 0 Å². The Labute approximate surface area is 95.8 Å². The molecule has 2 nitrogen and oxygen atoms in total. The Bertz CT molecular complexity index is 310. The van der Waals surface area contributed by atoms with Crippen molar-refractivity contribution < 1.29 is 0 Å². The molecule has 0 aromatic heterocycles. The number of halogens is 1. The number of benzene rings is 1. The van der Waals surface area contributed by atoms with Crippen molar-refractivity contribution >= 4 is 11.6 Å². The Morgan fingerprint density at radius 1 is 1.33 bits per heavy atom. The van der Waals surface area contributed by atoms with E-state index in [9.17, 15) is 0 Å². The molecule has 0 bridgehead atoms. The Balaban J connectivity index is 1.93. The summed E-state index contributed by atoms with van der Waals surface area (Å²) in [7, 11) is 0. The average molecular weight is 225 g/mol. The van der Waals surface area contributed by atoms with Gasteiger partial charge in [0.05, 0.1) is 0 Å². The van der Waals surface area contributed by atoms with Crippen LogP contribution in [0.15, 0.2) is 24.3 Å². The fourth-order valence-corrected chi connectivity index (χ4v) is 2.23. The van der Waals surface area contributed by atoms with Crippen molar-refractivity contribution in [1.82, 2.24) is 5.32 Å². The van der Waals surface area contributed by atoms with Gasteiger partial charge in [-0.05, 0) is 43.5 Å². The van der Waals surface area contributed by atoms with Crippen molar-refractivity contribution in [1.29, 1.82) is 0 Å². The lowest BCUT2D eigenvalue weighted by molar-refractivity contribution is 0.360. The predicted octanol–water partition coefficient (Wildman–Crippen LogP) is 1.96. The van der Waals surface area contributed by atoms with E-state index < -0.39 is 0 Å². The van der Waals surface area contributed by atoms with Gasteiger partial charge < -0.3 is 11.1 Å². The van der Waals surface area contributed by atoms with Crippen LogP contribution in [0.4, 0.5) is 0 Å². The highest BCUT2D eigenvalue weighted by Gasteiger charge is 2.18. The summed E-state index contributed by atoms with van der Waals surface area (Å²) in [6, 6.07) is 8.95. The van der Waals surface area contributed by atoms with E-state index in [1.807, 2.05) is 12.1 Å². The van der Waals surface area contributed by atoms with Gasteiger partial charge in [-0.15, -0.1) is 0 Å². The number of piperidine rings is 1. The third-order valence-corrected chi connectivity index (χ3v) is 3.18. The minimum absolute atomic E-state index is 0.364. The van der Waals surface area contributed by atoms with Gasteiger partial charge in [-0.2, -0.15) is 0 Å². The van der Waals surface area contributed by atoms with E-state index in [1.54, 1.807) is 0 Å². The van der Waals surface area contributed by atoms with Gasteiger partial charge in [-0.3, -0.25) is 0 Å². The Morgan fingerprint density at radius 3 is 2.73 bits per heavy atom. The second-order valence-corrected chi connectivity index (χ2v) is 4.70. The van der Waals surface area contributed by atoms with E-state index in [0.29, 0.717) is 12.1 Å². The average Bonchev–Trinajstić information content (AvgIpc) is 2.22. The molecule has 2 rings (SSSR count). The highest BCUT2D eigenvalue weighted by Crippen LogP contribution is 2.14. The first-order chi connectivity index (χ1) is 7.24. The molecule has 1 heterocycles. The molecule has 0 saturated carbocycles. The maximum absolute atomic E-state index is 5.94. The maximum Gasteiger partial charge on any atom is 0.0406 e. The van der Waals surface area contributed by atoms with Crippen LogP contribution in [0, 0.1) is 0 Å². The summed E-state index contributed by atoms with van der Waals surface area (Å²) >= 11 is 5.84. The molecule has 0 radical (unpaired) electrons. The summed E-state index contributed by atoms with van der Waals surface area (Å²) in [5.74, 6) is 0. The number of nitrogens with one attached hydrogen (secondary N) is 1. The number of hydrogen-bond acceptors (Lipinski definition) is 2. The third kappa shape index (κ3) is 3.20. The molecule has 1 unspecified atom stereocenters. The highest BCUT2D eigenvalue weighted by atomic mass is 35.5. The zero-order valence-electron chi connectivity index (χ0n) is 8.75. The SMILES string of the molecule is NC1CCN[C@H](Cc2ccc(Cl)cc2)C1. The first kappa shape index (κ1) is 10.9. The molecular weight excluding hydrogens is 208 g/mol. The molecule has 0 spiro atoms. The van der Waals surface area contributed by atoms with Crippen LogP contribution in [-0.2, 0) is 6.42 Å². The van der Waals surface area contributed by atoms with Crippen LogP contribution in [-0.4, -0.2) is 18.6 Å². The van der Waals surface area contributed by atoms with Crippen LogP contribution in [0.25, 0.3) is 0 Å². The van der Waals surface area contributed by atoms with Crippen LogP contribution in [0.5, 0.6) is 0 Å². The van der Waals surface area contributed by atoms with Crippen LogP contribution < -0.4 is 11.1 Å².